The summed E-state index contributed by atoms with van der Waals surface area (Å²) in [5, 5.41) is 0. The predicted octanol–water partition coefficient (Wildman–Crippen LogP) is 4.52. The number of rotatable bonds is 1. The first kappa shape index (κ1) is 16.5. The molecule has 0 nitrogen and oxygen atoms in total. The molecule has 0 bridgehead atoms. The minimum Gasteiger partial charge on any atom is -0.0715 e. The number of hydrogen-bond donors (Lipinski definition) is 0. The van der Waals surface area contributed by atoms with E-state index in [4.69, 9.17) is 0 Å². The molecule has 0 N–H and O–H groups in total. The zero-order valence-electron chi connectivity index (χ0n) is 13.4. The van der Waals surface area contributed by atoms with Crippen molar-refractivity contribution in [1.82, 2.24) is 0 Å². The van der Waals surface area contributed by atoms with E-state index in [1.807, 2.05) is 0 Å². The molecule has 19 heavy (non-hydrogen) atoms. The summed E-state index contributed by atoms with van der Waals surface area (Å²) in [6.45, 7) is 16.0. The molecule has 0 aromatic heterocycles. The number of allylic oxidation sites excluding steroid dienone is 4. The molecular weight excluding hydrogens is 305 g/mol. The summed E-state index contributed by atoms with van der Waals surface area (Å²) in [5.74, 6) is 0. The van der Waals surface area contributed by atoms with E-state index in [9.17, 15) is 0 Å². The van der Waals surface area contributed by atoms with E-state index in [1.54, 1.807) is 24.4 Å². The van der Waals surface area contributed by atoms with Crippen molar-refractivity contribution in [2.75, 3.05) is 0 Å². The average Bonchev–Trinajstić information content (AvgIpc) is 2.54. The van der Waals surface area contributed by atoms with Crippen LogP contribution >= 0.6 is 0 Å². The molecule has 0 unspecified atom stereocenters. The molecule has 2 heteroatoms. The van der Waals surface area contributed by atoms with E-state index in [2.05, 4.69) is 77.7 Å². The molecule has 0 saturated heterocycles. The zero-order valence-corrected chi connectivity index (χ0v) is 16.5. The first-order chi connectivity index (χ1) is 8.86. The molecule has 0 aliphatic carbocycles. The van der Waals surface area contributed by atoms with E-state index in [-0.39, 0.29) is 8.80 Å². The van der Waals surface area contributed by atoms with Gasteiger partial charge in [0.05, 0.1) is 0 Å². The molecule has 2 rings (SSSR count). The van der Waals surface area contributed by atoms with Gasteiger partial charge in [0.2, 0.25) is 0 Å². The van der Waals surface area contributed by atoms with E-state index >= 15 is 0 Å². The number of benzene rings is 1. The van der Waals surface area contributed by atoms with Crippen LogP contribution in [0.4, 0.5) is 0 Å². The van der Waals surface area contributed by atoms with Crippen LogP contribution in [0.15, 0.2) is 50.3 Å². The molecule has 0 spiro atoms. The Labute approximate surface area is 125 Å². The fraction of sp³-hybridized carbons (Fsp3) is 0.412. The van der Waals surface area contributed by atoms with Crippen LogP contribution in [0.2, 0.25) is 19.6 Å². The molecule has 1 heterocycles. The average molecular weight is 331 g/mol. The van der Waals surface area contributed by atoms with Gasteiger partial charge in [0.15, 0.2) is 0 Å². The Bertz CT molecular complexity index is 456. The molecule has 0 amide bonds. The van der Waals surface area contributed by atoms with E-state index in [1.165, 1.54) is 0 Å². The van der Waals surface area contributed by atoms with Gasteiger partial charge >= 0.3 is 96.7 Å². The molecule has 0 saturated carbocycles. The first-order valence-corrected chi connectivity index (χ1v) is 13.1. The van der Waals surface area contributed by atoms with Gasteiger partial charge < -0.3 is 0 Å². The summed E-state index contributed by atoms with van der Waals surface area (Å²) in [6, 6.07) is 11.0. The maximum absolute atomic E-state index is 2.33. The molecule has 1 aromatic carbocycles. The van der Waals surface area contributed by atoms with Gasteiger partial charge in [-0.1, -0.05) is 19.6 Å². The standard InChI is InChI=1S/C14H17Ge.C3H9Si/c1-10-11(2)13(4)15(12(10)3)14-8-6-5-7-9-14;1-4(2)3/h5-9H,1-4H3;1-3H3. The predicted molar refractivity (Wildman–Crippen MR) is 91.9 cm³/mol. The summed E-state index contributed by atoms with van der Waals surface area (Å²) in [7, 11) is 0.120. The maximum Gasteiger partial charge on any atom is 0.0379 e. The van der Waals surface area contributed by atoms with Crippen molar-refractivity contribution in [1.29, 1.82) is 0 Å². The number of hydrogen-bond acceptors (Lipinski definition) is 0. The van der Waals surface area contributed by atoms with Crippen LogP contribution in [0.1, 0.15) is 27.7 Å². The third-order valence-electron chi connectivity index (χ3n) is 3.50. The molecule has 0 fully saturated rings. The van der Waals surface area contributed by atoms with Crippen molar-refractivity contribution in [3.05, 3.63) is 50.3 Å². The molecule has 1 aromatic rings. The molecule has 1 aliphatic rings. The van der Waals surface area contributed by atoms with Gasteiger partial charge in [-0.25, -0.2) is 0 Å². The summed E-state index contributed by atoms with van der Waals surface area (Å²) in [6.07, 6.45) is 0. The Balaban J connectivity index is 0.000000399. The second-order valence-corrected chi connectivity index (χ2v) is 14.7. The Morgan fingerprint density at radius 1 is 0.737 bits per heavy atom. The molecule has 102 valence electrons. The Kier molecular flexibility index (Phi) is 6.34. The van der Waals surface area contributed by atoms with Crippen molar-refractivity contribution in [3.8, 4) is 0 Å². The van der Waals surface area contributed by atoms with Crippen LogP contribution in [-0.4, -0.2) is 23.1 Å². The van der Waals surface area contributed by atoms with E-state index in [0.717, 1.165) is 0 Å². The van der Waals surface area contributed by atoms with Crippen LogP contribution < -0.4 is 4.40 Å². The van der Waals surface area contributed by atoms with E-state index < -0.39 is 14.3 Å². The molecule has 1 aliphatic heterocycles. The van der Waals surface area contributed by atoms with Crippen LogP contribution in [0.5, 0.6) is 0 Å². The van der Waals surface area contributed by atoms with Gasteiger partial charge in [-0.2, -0.15) is 0 Å². The summed E-state index contributed by atoms with van der Waals surface area (Å²) < 4.78 is 4.94. The van der Waals surface area contributed by atoms with Crippen LogP contribution in [0.25, 0.3) is 0 Å². The quantitative estimate of drug-likeness (QED) is 0.664. The molecular formula is C17H26GeSi. The van der Waals surface area contributed by atoms with Gasteiger partial charge in [-0.3, -0.25) is 0 Å². The minimum atomic E-state index is -1.28. The van der Waals surface area contributed by atoms with Crippen LogP contribution in [-0.2, 0) is 0 Å². The van der Waals surface area contributed by atoms with Gasteiger partial charge in [-0.15, -0.1) is 0 Å². The fourth-order valence-electron chi connectivity index (χ4n) is 2.26. The maximum atomic E-state index is 2.33. The second kappa shape index (κ2) is 7.30. The zero-order chi connectivity index (χ0) is 14.6. The van der Waals surface area contributed by atoms with Crippen molar-refractivity contribution in [2.45, 2.75) is 47.3 Å². The third kappa shape index (κ3) is 4.22. The summed E-state index contributed by atoms with van der Waals surface area (Å²) in [4.78, 5) is 0. The first-order valence-electron chi connectivity index (χ1n) is 6.91. The molecule has 0 atom stereocenters. The van der Waals surface area contributed by atoms with Crippen LogP contribution in [0.3, 0.4) is 0 Å². The van der Waals surface area contributed by atoms with Crippen molar-refractivity contribution >= 4 is 27.5 Å². The van der Waals surface area contributed by atoms with Gasteiger partial charge in [-0.05, 0) is 0 Å². The Morgan fingerprint density at radius 3 is 1.47 bits per heavy atom. The van der Waals surface area contributed by atoms with Crippen molar-refractivity contribution < 1.29 is 0 Å². The minimum absolute atomic E-state index is 0.120. The normalized spacial score (nSPS) is 16.0. The van der Waals surface area contributed by atoms with Gasteiger partial charge in [0.1, 0.15) is 0 Å². The summed E-state index contributed by atoms with van der Waals surface area (Å²) in [5.41, 5.74) is 3.10. The largest absolute Gasteiger partial charge is 0.0715 e. The van der Waals surface area contributed by atoms with Gasteiger partial charge in [0, 0.05) is 8.80 Å². The Morgan fingerprint density at radius 2 is 1.11 bits per heavy atom. The SMILES string of the molecule is CC1=[C](C)[Ge]([c]2ccccc2)[C](C)=C1C.C[Si](C)C. The smallest absolute Gasteiger partial charge is 0.0379 e. The van der Waals surface area contributed by atoms with Crippen molar-refractivity contribution in [2.24, 2.45) is 0 Å². The fourth-order valence-corrected chi connectivity index (χ4v) is 8.72. The van der Waals surface area contributed by atoms with Gasteiger partial charge in [0.25, 0.3) is 0 Å². The topological polar surface area (TPSA) is 0 Å². The van der Waals surface area contributed by atoms with Crippen molar-refractivity contribution in [3.63, 3.8) is 0 Å². The molecule has 2 radical (unpaired) electrons. The van der Waals surface area contributed by atoms with Crippen LogP contribution in [0, 0.1) is 0 Å². The Hall–Kier alpha value is -0.540. The third-order valence-corrected chi connectivity index (χ3v) is 10.1. The summed E-state index contributed by atoms with van der Waals surface area (Å²) >= 11 is -1.28. The van der Waals surface area contributed by atoms with E-state index in [0.29, 0.717) is 0 Å². The second-order valence-electron chi connectivity index (χ2n) is 5.74. The monoisotopic (exact) mass is 332 g/mol.